The van der Waals surface area contributed by atoms with Gasteiger partial charge in [-0.2, -0.15) is 0 Å². The Morgan fingerprint density at radius 2 is 1.92 bits per heavy atom. The standard InChI is InChI=1S/C7H13NO3S/c9-7(8-12(10)11)6-4-2-1-3-5-6/h6H,1-5H2,(H,8,9)(H,10,11)/p-1. The molecule has 12 heavy (non-hydrogen) atoms. The van der Waals surface area contributed by atoms with Crippen LogP contribution in [0, 0.1) is 5.92 Å². The zero-order valence-corrected chi connectivity index (χ0v) is 7.56. The molecule has 1 N–H and O–H groups in total. The molecule has 4 nitrogen and oxygen atoms in total. The van der Waals surface area contributed by atoms with Gasteiger partial charge in [-0.25, -0.2) is 0 Å². The second kappa shape index (κ2) is 4.57. The molecule has 1 aliphatic carbocycles. The summed E-state index contributed by atoms with van der Waals surface area (Å²) in [6.45, 7) is 0. The fourth-order valence-corrected chi connectivity index (χ4v) is 1.86. The molecule has 1 saturated carbocycles. The van der Waals surface area contributed by atoms with Crippen LogP contribution in [0.3, 0.4) is 0 Å². The highest BCUT2D eigenvalue weighted by molar-refractivity contribution is 7.77. The summed E-state index contributed by atoms with van der Waals surface area (Å²) in [6.07, 6.45) is 4.86. The molecule has 0 heterocycles. The Hall–Kier alpha value is -0.420. The number of carbonyl (C=O) groups is 1. The highest BCUT2D eigenvalue weighted by Gasteiger charge is 2.20. The molecule has 1 aliphatic rings. The molecule has 0 aromatic heterocycles. The average molecular weight is 190 g/mol. The number of carbonyl (C=O) groups excluding carboxylic acids is 1. The molecular formula is C7H12NO3S-. The van der Waals surface area contributed by atoms with Gasteiger partial charge in [0.1, 0.15) is 0 Å². The number of rotatable bonds is 2. The number of nitrogens with one attached hydrogen (secondary N) is 1. The lowest BCUT2D eigenvalue weighted by Gasteiger charge is -2.20. The quantitative estimate of drug-likeness (QED) is 0.644. The van der Waals surface area contributed by atoms with Gasteiger partial charge in [-0.05, 0) is 12.8 Å². The van der Waals surface area contributed by atoms with Gasteiger partial charge in [0.25, 0.3) is 0 Å². The van der Waals surface area contributed by atoms with Gasteiger partial charge in [-0.3, -0.25) is 13.7 Å². The van der Waals surface area contributed by atoms with Gasteiger partial charge < -0.3 is 4.55 Å². The maximum absolute atomic E-state index is 11.1. The highest BCUT2D eigenvalue weighted by Crippen LogP contribution is 2.23. The SMILES string of the molecule is O=C(NS(=O)[O-])C1CCCCC1. The van der Waals surface area contributed by atoms with Crippen LogP contribution >= 0.6 is 0 Å². The van der Waals surface area contributed by atoms with Crippen LogP contribution in [0.1, 0.15) is 32.1 Å². The molecule has 0 radical (unpaired) electrons. The molecule has 0 aromatic rings. The maximum Gasteiger partial charge on any atom is 0.233 e. The molecule has 0 spiro atoms. The average Bonchev–Trinajstić information content (AvgIpc) is 2.05. The minimum absolute atomic E-state index is 0.0864. The van der Waals surface area contributed by atoms with E-state index < -0.39 is 11.3 Å². The summed E-state index contributed by atoms with van der Waals surface area (Å²) in [5.74, 6) is -0.431. The molecule has 1 fully saturated rings. The van der Waals surface area contributed by atoms with E-state index in [-0.39, 0.29) is 11.8 Å². The molecule has 5 heteroatoms. The summed E-state index contributed by atoms with van der Waals surface area (Å²) in [5, 5.41) is 0. The first-order chi connectivity index (χ1) is 5.70. The van der Waals surface area contributed by atoms with Crippen molar-refractivity contribution in [2.75, 3.05) is 0 Å². The fourth-order valence-electron chi connectivity index (χ4n) is 1.53. The minimum atomic E-state index is -2.45. The van der Waals surface area contributed by atoms with Gasteiger partial charge >= 0.3 is 0 Å². The van der Waals surface area contributed by atoms with Crippen molar-refractivity contribution in [1.82, 2.24) is 4.72 Å². The van der Waals surface area contributed by atoms with E-state index in [0.717, 1.165) is 32.1 Å². The van der Waals surface area contributed by atoms with Crippen molar-refractivity contribution in [3.05, 3.63) is 0 Å². The van der Waals surface area contributed by atoms with Gasteiger partial charge in [-0.15, -0.1) is 0 Å². The van der Waals surface area contributed by atoms with Crippen molar-refractivity contribution in [2.24, 2.45) is 5.92 Å². The predicted molar refractivity (Wildman–Crippen MR) is 43.6 cm³/mol. The van der Waals surface area contributed by atoms with Gasteiger partial charge in [0.15, 0.2) is 0 Å². The van der Waals surface area contributed by atoms with Crippen LogP contribution in [0.4, 0.5) is 0 Å². The maximum atomic E-state index is 11.1. The molecule has 0 saturated heterocycles. The summed E-state index contributed by atoms with van der Waals surface area (Å²) in [5.41, 5.74) is 0. The third-order valence-electron chi connectivity index (χ3n) is 2.16. The Morgan fingerprint density at radius 1 is 1.33 bits per heavy atom. The van der Waals surface area contributed by atoms with E-state index in [4.69, 9.17) is 0 Å². The van der Waals surface area contributed by atoms with Crippen LogP contribution in [0.15, 0.2) is 0 Å². The van der Waals surface area contributed by atoms with Gasteiger partial charge in [0.05, 0.1) is 0 Å². The third-order valence-corrected chi connectivity index (χ3v) is 2.53. The molecule has 0 aromatic carbocycles. The topological polar surface area (TPSA) is 69.2 Å². The normalized spacial score (nSPS) is 21.8. The Labute approximate surface area is 74.1 Å². The van der Waals surface area contributed by atoms with E-state index in [9.17, 15) is 13.6 Å². The number of hydrogen-bond acceptors (Lipinski definition) is 3. The van der Waals surface area contributed by atoms with E-state index in [1.165, 1.54) is 0 Å². The molecular weight excluding hydrogens is 178 g/mol. The van der Waals surface area contributed by atoms with Crippen LogP contribution < -0.4 is 4.72 Å². The molecule has 0 aliphatic heterocycles. The Bertz CT molecular complexity index is 189. The molecule has 0 bridgehead atoms. The van der Waals surface area contributed by atoms with E-state index in [1.807, 2.05) is 4.72 Å². The first kappa shape index (κ1) is 9.67. The zero-order valence-electron chi connectivity index (χ0n) is 6.75. The first-order valence-corrected chi connectivity index (χ1v) is 5.17. The van der Waals surface area contributed by atoms with Crippen molar-refractivity contribution in [3.8, 4) is 0 Å². The smallest absolute Gasteiger partial charge is 0.233 e. The van der Waals surface area contributed by atoms with Crippen molar-refractivity contribution in [3.63, 3.8) is 0 Å². The Kier molecular flexibility index (Phi) is 3.68. The van der Waals surface area contributed by atoms with Gasteiger partial charge in [0, 0.05) is 17.2 Å². The van der Waals surface area contributed by atoms with E-state index in [0.29, 0.717) is 0 Å². The zero-order chi connectivity index (χ0) is 8.97. The second-order valence-corrected chi connectivity index (χ2v) is 3.71. The fraction of sp³-hybridized carbons (Fsp3) is 0.857. The van der Waals surface area contributed by atoms with Gasteiger partial charge in [0.2, 0.25) is 5.91 Å². The van der Waals surface area contributed by atoms with Crippen molar-refractivity contribution < 1.29 is 13.6 Å². The lowest BCUT2D eigenvalue weighted by atomic mass is 9.89. The number of hydrogen-bond donors (Lipinski definition) is 1. The van der Waals surface area contributed by atoms with Crippen LogP contribution in [0.2, 0.25) is 0 Å². The molecule has 1 atom stereocenters. The largest absolute Gasteiger partial charge is 0.755 e. The van der Waals surface area contributed by atoms with Gasteiger partial charge in [-0.1, -0.05) is 19.3 Å². The van der Waals surface area contributed by atoms with Crippen molar-refractivity contribution >= 4 is 17.2 Å². The van der Waals surface area contributed by atoms with Crippen molar-refractivity contribution in [2.45, 2.75) is 32.1 Å². The lowest BCUT2D eigenvalue weighted by molar-refractivity contribution is -0.124. The van der Waals surface area contributed by atoms with E-state index >= 15 is 0 Å². The third kappa shape index (κ3) is 2.91. The Morgan fingerprint density at radius 3 is 2.42 bits per heavy atom. The van der Waals surface area contributed by atoms with E-state index in [1.54, 1.807) is 0 Å². The van der Waals surface area contributed by atoms with Crippen LogP contribution in [-0.2, 0) is 16.1 Å². The molecule has 1 unspecified atom stereocenters. The minimum Gasteiger partial charge on any atom is -0.755 e. The summed E-state index contributed by atoms with van der Waals surface area (Å²) in [6, 6.07) is 0. The van der Waals surface area contributed by atoms with Crippen LogP contribution in [0.25, 0.3) is 0 Å². The van der Waals surface area contributed by atoms with Crippen LogP contribution in [0.5, 0.6) is 0 Å². The first-order valence-electron chi connectivity index (χ1n) is 4.10. The second-order valence-electron chi connectivity index (χ2n) is 3.04. The molecule has 1 amide bonds. The number of amides is 1. The monoisotopic (exact) mass is 190 g/mol. The lowest BCUT2D eigenvalue weighted by Crippen LogP contribution is -2.32. The van der Waals surface area contributed by atoms with E-state index in [2.05, 4.69) is 0 Å². The van der Waals surface area contributed by atoms with Crippen molar-refractivity contribution in [1.29, 1.82) is 0 Å². The molecule has 70 valence electrons. The summed E-state index contributed by atoms with van der Waals surface area (Å²) in [4.78, 5) is 11.1. The summed E-state index contributed by atoms with van der Waals surface area (Å²) < 4.78 is 22.1. The predicted octanol–water partition coefficient (Wildman–Crippen LogP) is 0.477. The molecule has 1 rings (SSSR count). The Balaban J connectivity index is 2.34. The van der Waals surface area contributed by atoms with Crippen LogP contribution in [-0.4, -0.2) is 14.7 Å². The summed E-state index contributed by atoms with van der Waals surface area (Å²) >= 11 is -2.45. The summed E-state index contributed by atoms with van der Waals surface area (Å²) in [7, 11) is 0. The highest BCUT2D eigenvalue weighted by atomic mass is 32.2.